The number of rotatable bonds is 12. The summed E-state index contributed by atoms with van der Waals surface area (Å²) in [6, 6.07) is 15.3. The van der Waals surface area contributed by atoms with Gasteiger partial charge in [-0.2, -0.15) is 0 Å². The zero-order valence-corrected chi connectivity index (χ0v) is 16.5. The molecule has 0 aliphatic heterocycles. The van der Waals surface area contributed by atoms with Gasteiger partial charge in [0.2, 0.25) is 0 Å². The summed E-state index contributed by atoms with van der Waals surface area (Å²) >= 11 is 0. The van der Waals surface area contributed by atoms with Crippen LogP contribution < -0.4 is 14.8 Å². The van der Waals surface area contributed by atoms with Gasteiger partial charge in [-0.3, -0.25) is 4.79 Å². The minimum absolute atomic E-state index is 0.0107. The normalized spacial score (nSPS) is 10.4. The van der Waals surface area contributed by atoms with E-state index in [0.717, 1.165) is 30.9 Å². The summed E-state index contributed by atoms with van der Waals surface area (Å²) in [6.45, 7) is 5.03. The van der Waals surface area contributed by atoms with Crippen LogP contribution in [0.5, 0.6) is 11.5 Å². The van der Waals surface area contributed by atoms with Crippen LogP contribution in [0.25, 0.3) is 0 Å². The molecule has 1 amide bonds. The molecule has 27 heavy (non-hydrogen) atoms. The molecule has 0 aliphatic rings. The lowest BCUT2D eigenvalue weighted by Crippen LogP contribution is -2.20. The highest BCUT2D eigenvalue weighted by atomic mass is 16.5. The second kappa shape index (κ2) is 12.0. The molecule has 4 heteroatoms. The van der Waals surface area contributed by atoms with Crippen molar-refractivity contribution in [2.24, 2.45) is 0 Å². The number of carbonyl (C=O) groups excluding carboxylic acids is 1. The van der Waals surface area contributed by atoms with Crippen molar-refractivity contribution >= 4 is 11.6 Å². The zero-order chi connectivity index (χ0) is 19.3. The van der Waals surface area contributed by atoms with E-state index in [0.29, 0.717) is 5.75 Å². The smallest absolute Gasteiger partial charge is 0.262 e. The highest BCUT2D eigenvalue weighted by molar-refractivity contribution is 5.91. The number of aryl methyl sites for hydroxylation is 1. The van der Waals surface area contributed by atoms with Gasteiger partial charge >= 0.3 is 0 Å². The SMILES string of the molecule is CCCCCCCOc1ccc(NC(=O)COc2cccc(CC)c2)cc1. The maximum absolute atomic E-state index is 12.1. The highest BCUT2D eigenvalue weighted by Gasteiger charge is 2.05. The molecule has 0 aromatic heterocycles. The summed E-state index contributed by atoms with van der Waals surface area (Å²) in [5, 5.41) is 2.84. The number of hydrogen-bond donors (Lipinski definition) is 1. The van der Waals surface area contributed by atoms with Crippen molar-refractivity contribution in [3.05, 3.63) is 54.1 Å². The Kier molecular flexibility index (Phi) is 9.25. The zero-order valence-electron chi connectivity index (χ0n) is 16.5. The fraction of sp³-hybridized carbons (Fsp3) is 0.435. The molecule has 1 N–H and O–H groups in total. The fourth-order valence-corrected chi connectivity index (χ4v) is 2.73. The van der Waals surface area contributed by atoms with E-state index >= 15 is 0 Å². The average molecular weight is 370 g/mol. The summed E-state index contributed by atoms with van der Waals surface area (Å²) < 4.78 is 11.3. The molecule has 2 aromatic carbocycles. The van der Waals surface area contributed by atoms with Crippen molar-refractivity contribution in [3.63, 3.8) is 0 Å². The summed E-state index contributed by atoms with van der Waals surface area (Å²) in [4.78, 5) is 12.1. The van der Waals surface area contributed by atoms with Crippen LogP contribution in [-0.2, 0) is 11.2 Å². The number of nitrogens with one attached hydrogen (secondary N) is 1. The number of ether oxygens (including phenoxy) is 2. The molecular weight excluding hydrogens is 338 g/mol. The molecule has 0 fully saturated rings. The first kappa shape index (κ1) is 20.8. The average Bonchev–Trinajstić information content (AvgIpc) is 2.70. The van der Waals surface area contributed by atoms with Gasteiger partial charge in [0.1, 0.15) is 11.5 Å². The topological polar surface area (TPSA) is 47.6 Å². The Labute approximate surface area is 162 Å². The van der Waals surface area contributed by atoms with Gasteiger partial charge in [0.15, 0.2) is 6.61 Å². The van der Waals surface area contributed by atoms with E-state index in [9.17, 15) is 4.79 Å². The summed E-state index contributed by atoms with van der Waals surface area (Å²) in [5.74, 6) is 1.37. The first-order valence-electron chi connectivity index (χ1n) is 9.95. The van der Waals surface area contributed by atoms with Crippen molar-refractivity contribution in [2.45, 2.75) is 52.4 Å². The van der Waals surface area contributed by atoms with E-state index < -0.39 is 0 Å². The van der Waals surface area contributed by atoms with Gasteiger partial charge in [0.25, 0.3) is 5.91 Å². The van der Waals surface area contributed by atoms with Crippen LogP contribution in [0.3, 0.4) is 0 Å². The van der Waals surface area contributed by atoms with Crippen molar-refractivity contribution in [2.75, 3.05) is 18.5 Å². The predicted octanol–water partition coefficient (Wildman–Crippen LogP) is 5.62. The minimum Gasteiger partial charge on any atom is -0.494 e. The molecule has 0 saturated heterocycles. The van der Waals surface area contributed by atoms with Gasteiger partial charge < -0.3 is 14.8 Å². The van der Waals surface area contributed by atoms with E-state index in [4.69, 9.17) is 9.47 Å². The molecule has 0 saturated carbocycles. The monoisotopic (exact) mass is 369 g/mol. The fourth-order valence-electron chi connectivity index (χ4n) is 2.73. The first-order valence-corrected chi connectivity index (χ1v) is 9.95. The Morgan fingerprint density at radius 1 is 0.889 bits per heavy atom. The molecule has 0 spiro atoms. The summed E-state index contributed by atoms with van der Waals surface area (Å²) in [5.41, 5.74) is 1.93. The van der Waals surface area contributed by atoms with Crippen LogP contribution in [-0.4, -0.2) is 19.1 Å². The summed E-state index contributed by atoms with van der Waals surface area (Å²) in [6.07, 6.45) is 7.05. The van der Waals surface area contributed by atoms with Crippen LogP contribution >= 0.6 is 0 Å². The maximum atomic E-state index is 12.1. The largest absolute Gasteiger partial charge is 0.494 e. The third-order valence-electron chi connectivity index (χ3n) is 4.33. The van der Waals surface area contributed by atoms with E-state index in [1.54, 1.807) is 0 Å². The van der Waals surface area contributed by atoms with Crippen LogP contribution in [0.2, 0.25) is 0 Å². The van der Waals surface area contributed by atoms with Crippen LogP contribution in [0.1, 0.15) is 51.5 Å². The third-order valence-corrected chi connectivity index (χ3v) is 4.33. The molecular formula is C23H31NO3. The second-order valence-electron chi connectivity index (χ2n) is 6.62. The van der Waals surface area contributed by atoms with Gasteiger partial charge in [0.05, 0.1) is 6.61 Å². The highest BCUT2D eigenvalue weighted by Crippen LogP contribution is 2.17. The molecule has 146 valence electrons. The molecule has 4 nitrogen and oxygen atoms in total. The molecule has 0 unspecified atom stereocenters. The first-order chi connectivity index (χ1) is 13.2. The van der Waals surface area contributed by atoms with Gasteiger partial charge in [-0.25, -0.2) is 0 Å². The quantitative estimate of drug-likeness (QED) is 0.494. The second-order valence-corrected chi connectivity index (χ2v) is 6.62. The number of hydrogen-bond acceptors (Lipinski definition) is 3. The van der Waals surface area contributed by atoms with Crippen molar-refractivity contribution in [3.8, 4) is 11.5 Å². The van der Waals surface area contributed by atoms with Crippen LogP contribution in [0, 0.1) is 0 Å². The summed E-state index contributed by atoms with van der Waals surface area (Å²) in [7, 11) is 0. The van der Waals surface area contributed by atoms with E-state index in [1.165, 1.54) is 31.2 Å². The van der Waals surface area contributed by atoms with E-state index in [2.05, 4.69) is 19.2 Å². The van der Waals surface area contributed by atoms with Crippen molar-refractivity contribution in [1.82, 2.24) is 0 Å². The number of amides is 1. The number of benzene rings is 2. The van der Waals surface area contributed by atoms with E-state index in [1.807, 2.05) is 48.5 Å². The number of anilines is 1. The van der Waals surface area contributed by atoms with Crippen molar-refractivity contribution < 1.29 is 14.3 Å². The van der Waals surface area contributed by atoms with Gasteiger partial charge in [0, 0.05) is 5.69 Å². The molecule has 0 bridgehead atoms. The van der Waals surface area contributed by atoms with Crippen LogP contribution in [0.4, 0.5) is 5.69 Å². The molecule has 0 heterocycles. The Bertz CT molecular complexity index is 682. The Morgan fingerprint density at radius 2 is 1.67 bits per heavy atom. The third kappa shape index (κ3) is 8.16. The lowest BCUT2D eigenvalue weighted by molar-refractivity contribution is -0.118. The lowest BCUT2D eigenvalue weighted by Gasteiger charge is -2.10. The molecule has 0 aliphatic carbocycles. The minimum atomic E-state index is -0.179. The van der Waals surface area contributed by atoms with E-state index in [-0.39, 0.29) is 12.5 Å². The standard InChI is InChI=1S/C23H31NO3/c1-3-5-6-7-8-16-26-21-14-12-20(13-15-21)24-23(25)18-27-22-11-9-10-19(4-2)17-22/h9-15,17H,3-8,16,18H2,1-2H3,(H,24,25). The van der Waals surface area contributed by atoms with Gasteiger partial charge in [-0.1, -0.05) is 51.7 Å². The Hall–Kier alpha value is -2.49. The molecule has 0 atom stereocenters. The Morgan fingerprint density at radius 3 is 2.41 bits per heavy atom. The number of unbranched alkanes of at least 4 members (excludes halogenated alkanes) is 4. The van der Waals surface area contributed by atoms with Crippen molar-refractivity contribution in [1.29, 1.82) is 0 Å². The lowest BCUT2D eigenvalue weighted by atomic mass is 10.2. The van der Waals surface area contributed by atoms with Crippen LogP contribution in [0.15, 0.2) is 48.5 Å². The maximum Gasteiger partial charge on any atom is 0.262 e. The van der Waals surface area contributed by atoms with Gasteiger partial charge in [-0.15, -0.1) is 0 Å². The number of carbonyl (C=O) groups is 1. The predicted molar refractivity (Wildman–Crippen MR) is 111 cm³/mol. The Balaban J connectivity index is 1.69. The molecule has 0 radical (unpaired) electrons. The van der Waals surface area contributed by atoms with Gasteiger partial charge in [-0.05, 0) is 54.8 Å². The molecule has 2 aromatic rings. The molecule has 2 rings (SSSR count).